The summed E-state index contributed by atoms with van der Waals surface area (Å²) in [5, 5.41) is 0.807. The molecule has 0 aliphatic carbocycles. The molecule has 0 unspecified atom stereocenters. The van der Waals surface area contributed by atoms with E-state index in [-0.39, 0.29) is 20.2 Å². The number of rotatable bonds is 1. The van der Waals surface area contributed by atoms with Gasteiger partial charge >= 0.3 is 104 Å². The zero-order valence-corrected chi connectivity index (χ0v) is 10.7. The van der Waals surface area contributed by atoms with Crippen molar-refractivity contribution in [1.29, 1.82) is 0 Å². The summed E-state index contributed by atoms with van der Waals surface area (Å²) in [4.78, 5) is 12.3. The van der Waals surface area contributed by atoms with Gasteiger partial charge in [-0.05, 0) is 0 Å². The molecule has 1 heterocycles. The molecule has 0 radical (unpaired) electrons. The fourth-order valence-electron chi connectivity index (χ4n) is 1.78. The Balaban J connectivity index is 2.33. The van der Waals surface area contributed by atoms with Crippen molar-refractivity contribution in [2.24, 2.45) is 0 Å². The van der Waals surface area contributed by atoms with Crippen LogP contribution in [0.5, 0.6) is 0 Å². The van der Waals surface area contributed by atoms with Gasteiger partial charge in [0.2, 0.25) is 0 Å². The number of hydrogen-bond acceptors (Lipinski definition) is 2. The summed E-state index contributed by atoms with van der Waals surface area (Å²) in [5.74, 6) is 0. The topological polar surface area (TPSA) is 30.0 Å². The quantitative estimate of drug-likeness (QED) is 0.643. The third-order valence-corrected chi connectivity index (χ3v) is 4.36. The van der Waals surface area contributed by atoms with E-state index in [9.17, 15) is 4.79 Å². The number of benzene rings is 2. The molecule has 0 atom stereocenters. The molecule has 0 N–H and O–H groups in total. The van der Waals surface area contributed by atoms with E-state index in [1.165, 1.54) is 0 Å². The maximum atomic E-state index is 12.3. The van der Waals surface area contributed by atoms with Gasteiger partial charge in [-0.1, -0.05) is 0 Å². The van der Waals surface area contributed by atoms with Crippen molar-refractivity contribution >= 4 is 24.4 Å². The normalized spacial score (nSPS) is 10.6. The Morgan fingerprint density at radius 3 is 2.41 bits per heavy atom. The Bertz CT molecular complexity index is 719. The van der Waals surface area contributed by atoms with Crippen LogP contribution in [-0.2, 0) is 0 Å². The van der Waals surface area contributed by atoms with Crippen LogP contribution in [0, 0.1) is 0 Å². The van der Waals surface area contributed by atoms with Crippen molar-refractivity contribution in [2.75, 3.05) is 0 Å². The van der Waals surface area contributed by atoms with Gasteiger partial charge in [-0.25, -0.2) is 0 Å². The second kappa shape index (κ2) is 4.28. The summed E-state index contributed by atoms with van der Waals surface area (Å²) in [7, 11) is 0. The molecule has 1 aromatic heterocycles. The molecule has 82 valence electrons. The monoisotopic (exact) mass is 287 g/mol. The second-order valence-electron chi connectivity index (χ2n) is 3.72. The molecule has 0 amide bonds. The predicted octanol–water partition coefficient (Wildman–Crippen LogP) is 2.32. The molecule has 3 heteroatoms. The van der Waals surface area contributed by atoms with E-state index in [4.69, 9.17) is 0 Å². The Kier molecular flexibility index (Phi) is 2.63. The van der Waals surface area contributed by atoms with Gasteiger partial charge in [0, 0.05) is 0 Å². The Morgan fingerprint density at radius 2 is 1.59 bits per heavy atom. The summed E-state index contributed by atoms with van der Waals surface area (Å²) in [5.41, 5.74) is 1.55. The van der Waals surface area contributed by atoms with Crippen LogP contribution < -0.4 is 5.43 Å². The summed E-state index contributed by atoms with van der Waals surface area (Å²) in [6, 6.07) is 17.4. The molecule has 0 fully saturated rings. The maximum absolute atomic E-state index is 12.3. The number of aromatic nitrogens is 1. The van der Waals surface area contributed by atoms with Gasteiger partial charge in [0.15, 0.2) is 0 Å². The molecular weight excluding hydrogens is 277 g/mol. The third-order valence-electron chi connectivity index (χ3n) is 2.63. The van der Waals surface area contributed by atoms with Gasteiger partial charge in [0.1, 0.15) is 0 Å². The van der Waals surface area contributed by atoms with Gasteiger partial charge in [0.25, 0.3) is 0 Å². The SMILES string of the molecule is O=c1c(-c2ccccc2)n[se]c2ccccc12. The summed E-state index contributed by atoms with van der Waals surface area (Å²) in [6.07, 6.45) is 0. The van der Waals surface area contributed by atoms with Crippen LogP contribution in [0.1, 0.15) is 0 Å². The van der Waals surface area contributed by atoms with Crippen LogP contribution in [0.3, 0.4) is 0 Å². The first-order chi connectivity index (χ1) is 8.36. The van der Waals surface area contributed by atoms with Gasteiger partial charge in [-0.3, -0.25) is 0 Å². The fourth-order valence-corrected chi connectivity index (χ4v) is 3.41. The molecule has 0 spiro atoms. The zero-order chi connectivity index (χ0) is 11.7. The third kappa shape index (κ3) is 1.84. The van der Waals surface area contributed by atoms with Crippen LogP contribution >= 0.6 is 0 Å². The molecule has 17 heavy (non-hydrogen) atoms. The zero-order valence-electron chi connectivity index (χ0n) is 8.96. The molecule has 0 saturated heterocycles. The second-order valence-corrected chi connectivity index (χ2v) is 5.41. The average Bonchev–Trinajstić information content (AvgIpc) is 2.40. The van der Waals surface area contributed by atoms with E-state index >= 15 is 0 Å². The summed E-state index contributed by atoms with van der Waals surface area (Å²) in [6.45, 7) is 0. The van der Waals surface area contributed by atoms with Crippen molar-refractivity contribution in [3.05, 3.63) is 64.8 Å². The standard InChI is InChI=1S/C14H9NOSe/c16-14-11-8-4-5-9-12(11)17-15-13(14)10-6-2-1-3-7-10/h1-9H. The van der Waals surface area contributed by atoms with Gasteiger partial charge < -0.3 is 0 Å². The van der Waals surface area contributed by atoms with Crippen molar-refractivity contribution in [3.8, 4) is 11.3 Å². The first-order valence-electron chi connectivity index (χ1n) is 5.30. The van der Waals surface area contributed by atoms with E-state index in [2.05, 4.69) is 3.98 Å². The minimum atomic E-state index is 0.00960. The Morgan fingerprint density at radius 1 is 0.882 bits per heavy atom. The van der Waals surface area contributed by atoms with Crippen LogP contribution in [-0.4, -0.2) is 18.7 Å². The Labute approximate surface area is 105 Å². The molecule has 0 aliphatic rings. The van der Waals surface area contributed by atoms with E-state index in [1.54, 1.807) is 0 Å². The van der Waals surface area contributed by atoms with E-state index in [1.807, 2.05) is 54.6 Å². The molecule has 0 bridgehead atoms. The molecule has 2 aromatic carbocycles. The summed E-state index contributed by atoms with van der Waals surface area (Å²) >= 11 is 0.00960. The van der Waals surface area contributed by atoms with Gasteiger partial charge in [0.05, 0.1) is 0 Å². The summed E-state index contributed by atoms with van der Waals surface area (Å²) < 4.78 is 5.53. The number of nitrogens with zero attached hydrogens (tertiary/aromatic N) is 1. The van der Waals surface area contributed by atoms with E-state index in [0.717, 1.165) is 15.2 Å². The van der Waals surface area contributed by atoms with Crippen LogP contribution in [0.15, 0.2) is 59.4 Å². The number of fused-ring (bicyclic) bond motifs is 1. The minimum absolute atomic E-state index is 0.00960. The van der Waals surface area contributed by atoms with Crippen molar-refractivity contribution in [1.82, 2.24) is 3.98 Å². The van der Waals surface area contributed by atoms with Crippen LogP contribution in [0.4, 0.5) is 0 Å². The molecule has 0 aliphatic heterocycles. The Hall–Kier alpha value is -1.70. The first-order valence-corrected chi connectivity index (χ1v) is 6.93. The molecule has 2 nitrogen and oxygen atoms in total. The predicted molar refractivity (Wildman–Crippen MR) is 70.4 cm³/mol. The first kappa shape index (κ1) is 10.5. The molecule has 3 rings (SSSR count). The van der Waals surface area contributed by atoms with Crippen LogP contribution in [0.2, 0.25) is 0 Å². The molecule has 0 saturated carbocycles. The van der Waals surface area contributed by atoms with Crippen LogP contribution in [0.25, 0.3) is 20.9 Å². The van der Waals surface area contributed by atoms with Crippen molar-refractivity contribution in [2.45, 2.75) is 0 Å². The number of hydrogen-bond donors (Lipinski definition) is 0. The van der Waals surface area contributed by atoms with Crippen molar-refractivity contribution in [3.63, 3.8) is 0 Å². The van der Waals surface area contributed by atoms with Gasteiger partial charge in [-0.2, -0.15) is 0 Å². The average molecular weight is 286 g/mol. The van der Waals surface area contributed by atoms with Gasteiger partial charge in [-0.15, -0.1) is 0 Å². The van der Waals surface area contributed by atoms with Crippen molar-refractivity contribution < 1.29 is 0 Å². The molecule has 3 aromatic rings. The van der Waals surface area contributed by atoms with E-state index in [0.29, 0.717) is 5.69 Å². The molecular formula is C14H9NOSe. The fraction of sp³-hybridized carbons (Fsp3) is 0. The van der Waals surface area contributed by atoms with E-state index < -0.39 is 0 Å².